The van der Waals surface area contributed by atoms with Crippen LogP contribution in [0, 0.1) is 0 Å². The lowest BCUT2D eigenvalue weighted by Gasteiger charge is -2.21. The molecule has 0 aliphatic rings. The van der Waals surface area contributed by atoms with Crippen molar-refractivity contribution < 1.29 is 19.1 Å². The van der Waals surface area contributed by atoms with Crippen molar-refractivity contribution in [3.05, 3.63) is 71.8 Å². The Morgan fingerprint density at radius 3 is 1.54 bits per heavy atom. The zero-order valence-corrected chi connectivity index (χ0v) is 16.2. The summed E-state index contributed by atoms with van der Waals surface area (Å²) in [6, 6.07) is 18.2. The minimum atomic E-state index is -0.961. The van der Waals surface area contributed by atoms with Crippen molar-refractivity contribution in [1.29, 1.82) is 0 Å². The molecule has 0 aromatic heterocycles. The van der Waals surface area contributed by atoms with Crippen LogP contribution < -0.4 is 0 Å². The van der Waals surface area contributed by atoms with E-state index in [4.69, 9.17) is 9.47 Å². The van der Waals surface area contributed by atoms with Crippen LogP contribution in [0.4, 0.5) is 0 Å². The molecule has 0 spiro atoms. The molecule has 2 rings (SSSR count). The van der Waals surface area contributed by atoms with E-state index in [1.807, 2.05) is 43.3 Å². The van der Waals surface area contributed by atoms with Gasteiger partial charge in [-0.2, -0.15) is 25.3 Å². The molecule has 0 N–H and O–H groups in total. The monoisotopic (exact) mass is 390 g/mol. The zero-order chi connectivity index (χ0) is 18.9. The predicted octanol–water partition coefficient (Wildman–Crippen LogP) is 4.54. The zero-order valence-electron chi connectivity index (χ0n) is 14.4. The molecule has 26 heavy (non-hydrogen) atoms. The fourth-order valence-electron chi connectivity index (χ4n) is 2.31. The number of esters is 2. The lowest BCUT2D eigenvalue weighted by Crippen LogP contribution is -2.27. The van der Waals surface area contributed by atoms with E-state index in [0.717, 1.165) is 11.1 Å². The first-order valence-corrected chi connectivity index (χ1v) is 9.43. The predicted molar refractivity (Wildman–Crippen MR) is 107 cm³/mol. The molecule has 0 aliphatic carbocycles. The van der Waals surface area contributed by atoms with Gasteiger partial charge < -0.3 is 9.47 Å². The SMILES string of the molecule is CCCC(OC(=O)C(S)c1ccccc1)OC(=O)C(S)c1ccccc1. The van der Waals surface area contributed by atoms with Crippen molar-refractivity contribution in [3.8, 4) is 0 Å². The summed E-state index contributed by atoms with van der Waals surface area (Å²) in [5, 5.41) is -1.48. The number of thiol groups is 2. The van der Waals surface area contributed by atoms with Gasteiger partial charge in [-0.1, -0.05) is 67.6 Å². The first-order valence-electron chi connectivity index (χ1n) is 8.40. The Morgan fingerprint density at radius 2 is 1.19 bits per heavy atom. The first-order chi connectivity index (χ1) is 12.5. The summed E-state index contributed by atoms with van der Waals surface area (Å²) in [5.74, 6) is -1.11. The number of carbonyl (C=O) groups is 2. The van der Waals surface area contributed by atoms with Gasteiger partial charge in [0.1, 0.15) is 10.5 Å². The molecule has 0 saturated carbocycles. The average molecular weight is 391 g/mol. The van der Waals surface area contributed by atoms with Gasteiger partial charge in [0, 0.05) is 6.42 Å². The van der Waals surface area contributed by atoms with Gasteiger partial charge in [-0.05, 0) is 17.5 Å². The Labute approximate surface area is 164 Å². The van der Waals surface area contributed by atoms with Crippen LogP contribution in [0.1, 0.15) is 41.4 Å². The molecule has 4 nitrogen and oxygen atoms in total. The maximum atomic E-state index is 12.3. The van der Waals surface area contributed by atoms with Gasteiger partial charge in [0.25, 0.3) is 0 Å². The third-order valence-corrected chi connectivity index (χ3v) is 4.71. The molecule has 0 fully saturated rings. The molecule has 2 atom stereocenters. The minimum Gasteiger partial charge on any atom is -0.424 e. The lowest BCUT2D eigenvalue weighted by molar-refractivity contribution is -0.188. The van der Waals surface area contributed by atoms with Crippen molar-refractivity contribution in [2.24, 2.45) is 0 Å². The minimum absolute atomic E-state index is 0.405. The normalized spacial score (nSPS) is 14.1. The van der Waals surface area contributed by atoms with Gasteiger partial charge in [0.05, 0.1) is 0 Å². The summed E-state index contributed by atoms with van der Waals surface area (Å²) in [6.07, 6.45) is 0.134. The summed E-state index contributed by atoms with van der Waals surface area (Å²) < 4.78 is 10.7. The van der Waals surface area contributed by atoms with Crippen LogP contribution in [0.5, 0.6) is 0 Å². The van der Waals surface area contributed by atoms with Crippen molar-refractivity contribution in [2.75, 3.05) is 0 Å². The molecule has 0 aliphatic heterocycles. The highest BCUT2D eigenvalue weighted by Crippen LogP contribution is 2.25. The Morgan fingerprint density at radius 1 is 0.808 bits per heavy atom. The van der Waals surface area contributed by atoms with Crippen molar-refractivity contribution in [3.63, 3.8) is 0 Å². The summed E-state index contributed by atoms with van der Waals surface area (Å²) in [6.45, 7) is 1.92. The number of hydrogen-bond donors (Lipinski definition) is 2. The molecular formula is C20H22O4S2. The highest BCUT2D eigenvalue weighted by Gasteiger charge is 2.26. The first kappa shape index (κ1) is 20.4. The van der Waals surface area contributed by atoms with E-state index < -0.39 is 28.7 Å². The van der Waals surface area contributed by atoms with Gasteiger partial charge >= 0.3 is 11.9 Å². The molecule has 2 unspecified atom stereocenters. The number of hydrogen-bond acceptors (Lipinski definition) is 6. The Balaban J connectivity index is 1.99. The molecular weight excluding hydrogens is 368 g/mol. The number of rotatable bonds is 8. The van der Waals surface area contributed by atoms with Gasteiger partial charge in [0.15, 0.2) is 0 Å². The van der Waals surface area contributed by atoms with Crippen LogP contribution in [-0.2, 0) is 19.1 Å². The quantitative estimate of drug-likeness (QED) is 0.395. The topological polar surface area (TPSA) is 52.6 Å². The van der Waals surface area contributed by atoms with Crippen LogP contribution in [-0.4, -0.2) is 18.2 Å². The second-order valence-electron chi connectivity index (χ2n) is 5.72. The van der Waals surface area contributed by atoms with Crippen LogP contribution >= 0.6 is 25.3 Å². The van der Waals surface area contributed by atoms with E-state index in [1.165, 1.54) is 0 Å². The second kappa shape index (κ2) is 10.3. The largest absolute Gasteiger partial charge is 0.424 e. The van der Waals surface area contributed by atoms with E-state index in [-0.39, 0.29) is 0 Å². The molecule has 0 amide bonds. The van der Waals surface area contributed by atoms with E-state index in [2.05, 4.69) is 25.3 Å². The highest BCUT2D eigenvalue weighted by molar-refractivity contribution is 7.81. The Bertz CT molecular complexity index is 647. The van der Waals surface area contributed by atoms with E-state index in [1.54, 1.807) is 24.3 Å². The van der Waals surface area contributed by atoms with Crippen molar-refractivity contribution >= 4 is 37.2 Å². The third kappa shape index (κ3) is 5.81. The standard InChI is InChI=1S/C20H22O4S2/c1-2-9-16(23-19(21)17(25)14-10-5-3-6-11-14)24-20(22)18(26)15-12-7-4-8-13-15/h3-8,10-13,16-18,25-26H,2,9H2,1H3. The summed E-state index contributed by atoms with van der Waals surface area (Å²) in [4.78, 5) is 24.7. The van der Waals surface area contributed by atoms with Gasteiger partial charge in [-0.3, -0.25) is 9.59 Å². The highest BCUT2D eigenvalue weighted by atomic mass is 32.1. The van der Waals surface area contributed by atoms with Crippen LogP contribution in [0.15, 0.2) is 60.7 Å². The molecule has 2 aromatic carbocycles. The average Bonchev–Trinajstić information content (AvgIpc) is 2.68. The Kier molecular flexibility index (Phi) is 8.06. The van der Waals surface area contributed by atoms with Crippen LogP contribution in [0.2, 0.25) is 0 Å². The van der Waals surface area contributed by atoms with E-state index in [0.29, 0.717) is 12.8 Å². The summed E-state index contributed by atoms with van der Waals surface area (Å²) in [5.41, 5.74) is 1.44. The number of benzene rings is 2. The summed E-state index contributed by atoms with van der Waals surface area (Å²) in [7, 11) is 0. The molecule has 0 bridgehead atoms. The fraction of sp³-hybridized carbons (Fsp3) is 0.300. The Hall–Kier alpha value is -1.92. The maximum Gasteiger partial charge on any atom is 0.326 e. The van der Waals surface area contributed by atoms with Gasteiger partial charge in [-0.25, -0.2) is 0 Å². The maximum absolute atomic E-state index is 12.3. The molecule has 0 radical (unpaired) electrons. The van der Waals surface area contributed by atoms with E-state index in [9.17, 15) is 9.59 Å². The van der Waals surface area contributed by atoms with Crippen LogP contribution in [0.25, 0.3) is 0 Å². The van der Waals surface area contributed by atoms with Crippen LogP contribution in [0.3, 0.4) is 0 Å². The smallest absolute Gasteiger partial charge is 0.326 e. The second-order valence-corrected chi connectivity index (χ2v) is 6.75. The molecule has 0 heterocycles. The third-order valence-electron chi connectivity index (χ3n) is 3.70. The summed E-state index contributed by atoms with van der Waals surface area (Å²) >= 11 is 8.63. The van der Waals surface area contributed by atoms with Crippen molar-refractivity contribution in [1.82, 2.24) is 0 Å². The molecule has 2 aromatic rings. The van der Waals surface area contributed by atoms with Gasteiger partial charge in [-0.15, -0.1) is 0 Å². The van der Waals surface area contributed by atoms with Gasteiger partial charge in [0.2, 0.25) is 6.29 Å². The fourth-order valence-corrected chi connectivity index (χ4v) is 2.77. The lowest BCUT2D eigenvalue weighted by atomic mass is 10.1. The van der Waals surface area contributed by atoms with E-state index >= 15 is 0 Å². The molecule has 0 saturated heterocycles. The molecule has 6 heteroatoms. The number of ether oxygens (including phenoxy) is 2. The number of carbonyl (C=O) groups excluding carboxylic acids is 2. The molecule has 138 valence electrons. The van der Waals surface area contributed by atoms with Crippen molar-refractivity contribution in [2.45, 2.75) is 36.6 Å².